The predicted molar refractivity (Wildman–Crippen MR) is 88.7 cm³/mol. The van der Waals surface area contributed by atoms with Gasteiger partial charge >= 0.3 is 5.97 Å². The number of morpholine rings is 1. The van der Waals surface area contributed by atoms with Gasteiger partial charge in [-0.05, 0) is 35.4 Å². The summed E-state index contributed by atoms with van der Waals surface area (Å²) in [4.78, 5) is 25.0. The lowest BCUT2D eigenvalue weighted by molar-refractivity contribution is -0.138. The second kappa shape index (κ2) is 7.61. The Morgan fingerprint density at radius 3 is 2.50 bits per heavy atom. The number of hydrogen-bond donors (Lipinski definition) is 1. The first kappa shape index (κ1) is 18.0. The van der Waals surface area contributed by atoms with Crippen LogP contribution in [0.25, 0.3) is 0 Å². The van der Waals surface area contributed by atoms with Crippen LogP contribution >= 0.6 is 0 Å². The summed E-state index contributed by atoms with van der Waals surface area (Å²) in [5, 5.41) is 8.90. The molecule has 1 fully saturated rings. The van der Waals surface area contributed by atoms with E-state index in [0.29, 0.717) is 24.3 Å². The van der Waals surface area contributed by atoms with Gasteiger partial charge in [-0.1, -0.05) is 18.2 Å². The van der Waals surface area contributed by atoms with Crippen LogP contribution in [0.15, 0.2) is 42.5 Å². The predicted octanol–water partition coefficient (Wildman–Crippen LogP) is 2.81. The lowest BCUT2D eigenvalue weighted by Gasteiger charge is -2.33. The van der Waals surface area contributed by atoms with Crippen molar-refractivity contribution in [1.29, 1.82) is 0 Å². The molecule has 1 aliphatic heterocycles. The van der Waals surface area contributed by atoms with E-state index in [0.717, 1.165) is 12.1 Å². The summed E-state index contributed by atoms with van der Waals surface area (Å²) >= 11 is 0. The maximum atomic E-state index is 13.4. The van der Waals surface area contributed by atoms with E-state index in [1.165, 1.54) is 18.2 Å². The zero-order valence-electron chi connectivity index (χ0n) is 13.8. The zero-order chi connectivity index (χ0) is 18.7. The number of amides is 1. The molecule has 2 aromatic rings. The monoisotopic (exact) mass is 361 g/mol. The van der Waals surface area contributed by atoms with Crippen LogP contribution in [0, 0.1) is 11.6 Å². The van der Waals surface area contributed by atoms with Crippen molar-refractivity contribution >= 4 is 11.9 Å². The number of aromatic carboxylic acids is 1. The number of halogens is 2. The molecule has 136 valence electrons. The fourth-order valence-corrected chi connectivity index (χ4v) is 2.84. The van der Waals surface area contributed by atoms with Crippen molar-refractivity contribution < 1.29 is 28.2 Å². The molecule has 1 heterocycles. The number of carboxylic acids is 1. The Kier molecular flexibility index (Phi) is 5.27. The molecule has 1 saturated heterocycles. The number of carbonyl (C=O) groups is 2. The minimum Gasteiger partial charge on any atom is -0.478 e. The van der Waals surface area contributed by atoms with Gasteiger partial charge in [0.2, 0.25) is 5.91 Å². The van der Waals surface area contributed by atoms with Gasteiger partial charge in [0.15, 0.2) is 11.6 Å². The first-order chi connectivity index (χ1) is 12.4. The number of benzene rings is 2. The van der Waals surface area contributed by atoms with E-state index >= 15 is 0 Å². The van der Waals surface area contributed by atoms with Crippen molar-refractivity contribution in [1.82, 2.24) is 4.90 Å². The molecule has 2 aromatic carbocycles. The summed E-state index contributed by atoms with van der Waals surface area (Å²) in [6.45, 7) is 0.955. The van der Waals surface area contributed by atoms with Crippen molar-refractivity contribution in [3.05, 3.63) is 70.8 Å². The molecule has 0 bridgehead atoms. The highest BCUT2D eigenvalue weighted by Crippen LogP contribution is 2.24. The van der Waals surface area contributed by atoms with Crippen molar-refractivity contribution in [2.75, 3.05) is 19.7 Å². The average Bonchev–Trinajstić information content (AvgIpc) is 2.64. The Morgan fingerprint density at radius 1 is 1.12 bits per heavy atom. The lowest BCUT2D eigenvalue weighted by Crippen LogP contribution is -2.43. The first-order valence-electron chi connectivity index (χ1n) is 8.10. The Balaban J connectivity index is 1.65. The van der Waals surface area contributed by atoms with Crippen LogP contribution in [0.2, 0.25) is 0 Å². The minimum atomic E-state index is -1.02. The molecule has 5 nitrogen and oxygen atoms in total. The van der Waals surface area contributed by atoms with Gasteiger partial charge in [-0.15, -0.1) is 0 Å². The summed E-state index contributed by atoms with van der Waals surface area (Å²) in [5.41, 5.74) is 1.34. The molecular weight excluding hydrogens is 344 g/mol. The molecular formula is C19H17F2NO4. The summed E-state index contributed by atoms with van der Waals surface area (Å²) in [7, 11) is 0. The summed E-state index contributed by atoms with van der Waals surface area (Å²) < 4.78 is 32.1. The topological polar surface area (TPSA) is 66.8 Å². The molecule has 1 unspecified atom stereocenters. The van der Waals surface area contributed by atoms with E-state index in [9.17, 15) is 18.4 Å². The molecule has 0 saturated carbocycles. The molecule has 1 atom stereocenters. The van der Waals surface area contributed by atoms with E-state index in [1.54, 1.807) is 17.0 Å². The molecule has 0 aromatic heterocycles. The van der Waals surface area contributed by atoms with E-state index in [4.69, 9.17) is 9.84 Å². The van der Waals surface area contributed by atoms with Gasteiger partial charge in [0.05, 0.1) is 25.1 Å². The third kappa shape index (κ3) is 4.05. The number of carboxylic acid groups (broad SMARTS) is 1. The standard InChI is InChI=1S/C19H17F2NO4/c20-15-6-5-14(10-16(15)21)17-11-22(7-8-26-17)18(23)9-12-1-3-13(4-2-12)19(24)25/h1-6,10,17H,7-9,11H2,(H,24,25). The van der Waals surface area contributed by atoms with E-state index in [2.05, 4.69) is 0 Å². The molecule has 1 amide bonds. The van der Waals surface area contributed by atoms with Gasteiger partial charge in [0.1, 0.15) is 6.10 Å². The van der Waals surface area contributed by atoms with Crippen molar-refractivity contribution in [2.24, 2.45) is 0 Å². The van der Waals surface area contributed by atoms with Crippen LogP contribution in [0.3, 0.4) is 0 Å². The Morgan fingerprint density at radius 2 is 1.85 bits per heavy atom. The first-order valence-corrected chi connectivity index (χ1v) is 8.10. The highest BCUT2D eigenvalue weighted by molar-refractivity contribution is 5.87. The second-order valence-electron chi connectivity index (χ2n) is 6.05. The molecule has 0 radical (unpaired) electrons. The Labute approximate surface area is 148 Å². The molecule has 26 heavy (non-hydrogen) atoms. The number of carbonyl (C=O) groups excluding carboxylic acids is 1. The van der Waals surface area contributed by atoms with Gasteiger partial charge in [-0.3, -0.25) is 4.79 Å². The maximum absolute atomic E-state index is 13.4. The number of nitrogens with zero attached hydrogens (tertiary/aromatic N) is 1. The maximum Gasteiger partial charge on any atom is 0.335 e. The highest BCUT2D eigenvalue weighted by Gasteiger charge is 2.26. The Hall–Kier alpha value is -2.80. The molecule has 1 aliphatic rings. The largest absolute Gasteiger partial charge is 0.478 e. The number of hydrogen-bond acceptors (Lipinski definition) is 3. The van der Waals surface area contributed by atoms with Crippen molar-refractivity contribution in [2.45, 2.75) is 12.5 Å². The SMILES string of the molecule is O=C(O)c1ccc(CC(=O)N2CCOC(c3ccc(F)c(F)c3)C2)cc1. The zero-order valence-corrected chi connectivity index (χ0v) is 13.8. The fourth-order valence-electron chi connectivity index (χ4n) is 2.84. The van der Waals surface area contributed by atoms with Gasteiger partial charge in [0.25, 0.3) is 0 Å². The van der Waals surface area contributed by atoms with E-state index < -0.39 is 23.7 Å². The summed E-state index contributed by atoms with van der Waals surface area (Å²) in [6, 6.07) is 9.69. The van der Waals surface area contributed by atoms with Crippen molar-refractivity contribution in [3.63, 3.8) is 0 Å². The lowest BCUT2D eigenvalue weighted by atomic mass is 10.1. The van der Waals surface area contributed by atoms with E-state index in [1.807, 2.05) is 0 Å². The third-order valence-electron chi connectivity index (χ3n) is 4.29. The Bertz CT molecular complexity index is 823. The number of rotatable bonds is 4. The molecule has 3 rings (SSSR count). The van der Waals surface area contributed by atoms with Gasteiger partial charge < -0.3 is 14.7 Å². The van der Waals surface area contributed by atoms with Gasteiger partial charge in [-0.25, -0.2) is 13.6 Å². The van der Waals surface area contributed by atoms with Crippen LogP contribution in [-0.2, 0) is 16.0 Å². The molecule has 1 N–H and O–H groups in total. The van der Waals surface area contributed by atoms with Crippen LogP contribution < -0.4 is 0 Å². The van der Waals surface area contributed by atoms with Crippen LogP contribution in [-0.4, -0.2) is 41.6 Å². The smallest absolute Gasteiger partial charge is 0.335 e. The summed E-state index contributed by atoms with van der Waals surface area (Å²) in [6.07, 6.45) is -0.387. The van der Waals surface area contributed by atoms with Crippen LogP contribution in [0.1, 0.15) is 27.6 Å². The molecule has 0 aliphatic carbocycles. The number of ether oxygens (including phenoxy) is 1. The molecule has 7 heteroatoms. The van der Waals surface area contributed by atoms with Gasteiger partial charge in [0, 0.05) is 6.54 Å². The third-order valence-corrected chi connectivity index (χ3v) is 4.29. The average molecular weight is 361 g/mol. The quantitative estimate of drug-likeness (QED) is 0.909. The second-order valence-corrected chi connectivity index (χ2v) is 6.05. The van der Waals surface area contributed by atoms with Gasteiger partial charge in [-0.2, -0.15) is 0 Å². The van der Waals surface area contributed by atoms with Crippen molar-refractivity contribution in [3.8, 4) is 0 Å². The normalized spacial score (nSPS) is 17.2. The molecule has 0 spiro atoms. The highest BCUT2D eigenvalue weighted by atomic mass is 19.2. The van der Waals surface area contributed by atoms with Crippen LogP contribution in [0.4, 0.5) is 8.78 Å². The summed E-state index contributed by atoms with van der Waals surface area (Å²) in [5.74, 6) is -3.04. The minimum absolute atomic E-state index is 0.129. The van der Waals surface area contributed by atoms with E-state index in [-0.39, 0.29) is 24.4 Å². The van der Waals surface area contributed by atoms with Crippen LogP contribution in [0.5, 0.6) is 0 Å². The fraction of sp³-hybridized carbons (Fsp3) is 0.263.